The first-order valence-electron chi connectivity index (χ1n) is 6.46. The lowest BCUT2D eigenvalue weighted by molar-refractivity contribution is -0.142. The zero-order valence-electron chi connectivity index (χ0n) is 10.7. The average molecular weight is 283 g/mol. The number of carboxylic acids is 1. The topological polar surface area (TPSA) is 66.4 Å². The molecule has 1 aliphatic rings. The summed E-state index contributed by atoms with van der Waals surface area (Å²) in [4.78, 5) is 22.7. The molecule has 1 amide bonds. The smallest absolute Gasteiger partial charge is 0.306 e. The van der Waals surface area contributed by atoms with E-state index in [-0.39, 0.29) is 17.5 Å². The van der Waals surface area contributed by atoms with Crippen LogP contribution in [-0.4, -0.2) is 23.0 Å². The van der Waals surface area contributed by atoms with E-state index in [9.17, 15) is 18.4 Å². The van der Waals surface area contributed by atoms with Gasteiger partial charge in [0.1, 0.15) is 11.6 Å². The van der Waals surface area contributed by atoms with Gasteiger partial charge in [0.05, 0.1) is 11.5 Å². The van der Waals surface area contributed by atoms with Crippen molar-refractivity contribution in [3.8, 4) is 0 Å². The highest BCUT2D eigenvalue weighted by Crippen LogP contribution is 2.24. The van der Waals surface area contributed by atoms with Crippen LogP contribution in [0.2, 0.25) is 0 Å². The number of carbonyl (C=O) groups excluding carboxylic acids is 1. The molecule has 108 valence electrons. The van der Waals surface area contributed by atoms with E-state index in [0.29, 0.717) is 25.7 Å². The number of aliphatic carboxylic acids is 1. The summed E-state index contributed by atoms with van der Waals surface area (Å²) < 4.78 is 26.5. The molecule has 6 heteroatoms. The van der Waals surface area contributed by atoms with Crippen LogP contribution in [0.5, 0.6) is 0 Å². The first-order chi connectivity index (χ1) is 9.47. The zero-order chi connectivity index (χ0) is 14.7. The molecule has 2 rings (SSSR count). The SMILES string of the molecule is O=C(NC1CCC(C(=O)O)CC1)c1cc(F)ccc1F. The Labute approximate surface area is 114 Å². The summed E-state index contributed by atoms with van der Waals surface area (Å²) >= 11 is 0. The summed E-state index contributed by atoms with van der Waals surface area (Å²) in [6.07, 6.45) is 2.01. The van der Waals surface area contributed by atoms with Gasteiger partial charge in [-0.3, -0.25) is 9.59 Å². The van der Waals surface area contributed by atoms with Crippen molar-refractivity contribution >= 4 is 11.9 Å². The number of hydrogen-bond acceptors (Lipinski definition) is 2. The number of amides is 1. The highest BCUT2D eigenvalue weighted by molar-refractivity contribution is 5.94. The van der Waals surface area contributed by atoms with Crippen LogP contribution in [0.25, 0.3) is 0 Å². The van der Waals surface area contributed by atoms with Crippen LogP contribution >= 0.6 is 0 Å². The molecule has 4 nitrogen and oxygen atoms in total. The number of nitrogens with one attached hydrogen (secondary N) is 1. The van der Waals surface area contributed by atoms with Gasteiger partial charge < -0.3 is 10.4 Å². The lowest BCUT2D eigenvalue weighted by atomic mass is 9.86. The molecule has 0 heterocycles. The van der Waals surface area contributed by atoms with E-state index in [2.05, 4.69) is 5.32 Å². The second-order valence-corrected chi connectivity index (χ2v) is 4.98. The number of carbonyl (C=O) groups is 2. The van der Waals surface area contributed by atoms with Crippen LogP contribution < -0.4 is 5.32 Å². The highest BCUT2D eigenvalue weighted by atomic mass is 19.1. The maximum atomic E-state index is 13.4. The second-order valence-electron chi connectivity index (χ2n) is 4.98. The standard InChI is InChI=1S/C14H15F2NO3/c15-9-3-6-12(16)11(7-9)13(18)17-10-4-1-8(2-5-10)14(19)20/h3,6-8,10H,1-2,4-5H2,(H,17,18)(H,19,20). The van der Waals surface area contributed by atoms with Gasteiger partial charge in [-0.1, -0.05) is 0 Å². The fourth-order valence-corrected chi connectivity index (χ4v) is 2.42. The monoisotopic (exact) mass is 283 g/mol. The highest BCUT2D eigenvalue weighted by Gasteiger charge is 2.27. The Balaban J connectivity index is 1.96. The molecule has 0 spiro atoms. The summed E-state index contributed by atoms with van der Waals surface area (Å²) in [5.41, 5.74) is -0.328. The number of hydrogen-bond donors (Lipinski definition) is 2. The predicted octanol–water partition coefficient (Wildman–Crippen LogP) is 2.34. The molecule has 0 aromatic heterocycles. The Hall–Kier alpha value is -1.98. The summed E-state index contributed by atoms with van der Waals surface area (Å²) in [7, 11) is 0. The van der Waals surface area contributed by atoms with Gasteiger partial charge in [-0.25, -0.2) is 8.78 Å². The first kappa shape index (κ1) is 14.4. The minimum absolute atomic E-state index is 0.194. The fraction of sp³-hybridized carbons (Fsp3) is 0.429. The summed E-state index contributed by atoms with van der Waals surface area (Å²) in [5, 5.41) is 11.5. The molecule has 1 aliphatic carbocycles. The van der Waals surface area contributed by atoms with Crippen molar-refractivity contribution in [1.82, 2.24) is 5.32 Å². The van der Waals surface area contributed by atoms with Crippen LogP contribution in [0.4, 0.5) is 8.78 Å². The van der Waals surface area contributed by atoms with Crippen LogP contribution in [0.15, 0.2) is 18.2 Å². The first-order valence-corrected chi connectivity index (χ1v) is 6.46. The van der Waals surface area contributed by atoms with E-state index in [4.69, 9.17) is 5.11 Å². The lowest BCUT2D eigenvalue weighted by Crippen LogP contribution is -2.39. The fourth-order valence-electron chi connectivity index (χ4n) is 2.42. The van der Waals surface area contributed by atoms with Gasteiger partial charge >= 0.3 is 5.97 Å². The Kier molecular flexibility index (Phi) is 4.32. The van der Waals surface area contributed by atoms with Crippen LogP contribution in [0.1, 0.15) is 36.0 Å². The number of benzene rings is 1. The van der Waals surface area contributed by atoms with E-state index >= 15 is 0 Å². The average Bonchev–Trinajstić information content (AvgIpc) is 2.42. The Morgan fingerprint density at radius 2 is 1.80 bits per heavy atom. The van der Waals surface area contributed by atoms with E-state index in [1.807, 2.05) is 0 Å². The van der Waals surface area contributed by atoms with Crippen molar-refractivity contribution in [2.45, 2.75) is 31.7 Å². The van der Waals surface area contributed by atoms with Gasteiger partial charge in [-0.2, -0.15) is 0 Å². The van der Waals surface area contributed by atoms with E-state index < -0.39 is 23.5 Å². The summed E-state index contributed by atoms with van der Waals surface area (Å²) in [6, 6.07) is 2.52. The van der Waals surface area contributed by atoms with Gasteiger partial charge in [0.25, 0.3) is 5.91 Å². The van der Waals surface area contributed by atoms with Crippen molar-refractivity contribution in [2.75, 3.05) is 0 Å². The van der Waals surface area contributed by atoms with E-state index in [0.717, 1.165) is 18.2 Å². The third kappa shape index (κ3) is 3.31. The summed E-state index contributed by atoms with van der Waals surface area (Å²) in [6.45, 7) is 0. The molecule has 0 aliphatic heterocycles. The number of rotatable bonds is 3. The lowest BCUT2D eigenvalue weighted by Gasteiger charge is -2.26. The molecule has 0 bridgehead atoms. The minimum atomic E-state index is -0.828. The predicted molar refractivity (Wildman–Crippen MR) is 67.2 cm³/mol. The summed E-state index contributed by atoms with van der Waals surface area (Å²) in [5.74, 6) is -3.32. The van der Waals surface area contributed by atoms with Crippen LogP contribution in [-0.2, 0) is 4.79 Å². The molecule has 0 saturated heterocycles. The van der Waals surface area contributed by atoms with Gasteiger partial charge in [0, 0.05) is 6.04 Å². The van der Waals surface area contributed by atoms with E-state index in [1.165, 1.54) is 0 Å². The van der Waals surface area contributed by atoms with Crippen LogP contribution in [0.3, 0.4) is 0 Å². The van der Waals surface area contributed by atoms with Crippen molar-refractivity contribution < 1.29 is 23.5 Å². The zero-order valence-corrected chi connectivity index (χ0v) is 10.7. The van der Waals surface area contributed by atoms with Crippen molar-refractivity contribution in [1.29, 1.82) is 0 Å². The normalized spacial score (nSPS) is 22.3. The maximum Gasteiger partial charge on any atom is 0.306 e. The van der Waals surface area contributed by atoms with Crippen LogP contribution in [0, 0.1) is 17.6 Å². The van der Waals surface area contributed by atoms with Gasteiger partial charge in [0.2, 0.25) is 0 Å². The van der Waals surface area contributed by atoms with Gasteiger partial charge in [-0.05, 0) is 43.9 Å². The molecule has 1 aromatic carbocycles. The van der Waals surface area contributed by atoms with Gasteiger partial charge in [0.15, 0.2) is 0 Å². The quantitative estimate of drug-likeness (QED) is 0.894. The Morgan fingerprint density at radius 1 is 1.15 bits per heavy atom. The van der Waals surface area contributed by atoms with Gasteiger partial charge in [-0.15, -0.1) is 0 Å². The number of halogens is 2. The molecule has 0 atom stereocenters. The Bertz CT molecular complexity index is 525. The van der Waals surface area contributed by atoms with Crippen molar-refractivity contribution in [2.24, 2.45) is 5.92 Å². The van der Waals surface area contributed by atoms with Crippen molar-refractivity contribution in [3.05, 3.63) is 35.4 Å². The minimum Gasteiger partial charge on any atom is -0.481 e. The van der Waals surface area contributed by atoms with Crippen molar-refractivity contribution in [3.63, 3.8) is 0 Å². The Morgan fingerprint density at radius 3 is 2.40 bits per heavy atom. The molecular weight excluding hydrogens is 268 g/mol. The molecule has 0 unspecified atom stereocenters. The third-order valence-corrected chi connectivity index (χ3v) is 3.58. The molecular formula is C14H15F2NO3. The third-order valence-electron chi connectivity index (χ3n) is 3.58. The maximum absolute atomic E-state index is 13.4. The number of carboxylic acid groups (broad SMARTS) is 1. The largest absolute Gasteiger partial charge is 0.481 e. The molecule has 0 radical (unpaired) electrons. The second kappa shape index (κ2) is 5.98. The molecule has 2 N–H and O–H groups in total. The molecule has 1 saturated carbocycles. The molecule has 20 heavy (non-hydrogen) atoms. The molecule has 1 aromatic rings. The molecule has 1 fully saturated rings. The van der Waals surface area contributed by atoms with E-state index in [1.54, 1.807) is 0 Å².